The van der Waals surface area contributed by atoms with Crippen LogP contribution in [0.15, 0.2) is 48.5 Å². The molecule has 1 fully saturated rings. The number of hydrogen-bond acceptors (Lipinski definition) is 3. The summed E-state index contributed by atoms with van der Waals surface area (Å²) >= 11 is 6.14. The predicted octanol–water partition coefficient (Wildman–Crippen LogP) is 3.50. The second-order valence-electron chi connectivity index (χ2n) is 6.28. The maximum absolute atomic E-state index is 12.3. The number of amides is 2. The van der Waals surface area contributed by atoms with Crippen molar-refractivity contribution >= 4 is 29.1 Å². The zero-order valence-corrected chi connectivity index (χ0v) is 15.4. The molecule has 0 aliphatic carbocycles. The predicted molar refractivity (Wildman–Crippen MR) is 101 cm³/mol. The number of rotatable bonds is 6. The number of carbonyl (C=O) groups excluding carboxylic acids is 2. The van der Waals surface area contributed by atoms with Crippen LogP contribution in [0.5, 0.6) is 5.75 Å². The number of hydrogen-bond donors (Lipinski definition) is 0. The lowest BCUT2D eigenvalue weighted by Gasteiger charge is -2.19. The summed E-state index contributed by atoms with van der Waals surface area (Å²) in [6, 6.07) is 14.7. The van der Waals surface area contributed by atoms with Gasteiger partial charge in [-0.15, -0.1) is 0 Å². The highest BCUT2D eigenvalue weighted by Crippen LogP contribution is 2.25. The van der Waals surface area contributed by atoms with Gasteiger partial charge in [-0.25, -0.2) is 0 Å². The third kappa shape index (κ3) is 4.35. The summed E-state index contributed by atoms with van der Waals surface area (Å²) in [4.78, 5) is 27.5. The zero-order valence-electron chi connectivity index (χ0n) is 14.7. The Morgan fingerprint density at radius 3 is 2.77 bits per heavy atom. The van der Waals surface area contributed by atoms with Crippen molar-refractivity contribution in [3.63, 3.8) is 0 Å². The maximum atomic E-state index is 12.3. The molecule has 1 aliphatic rings. The Labute approximate surface area is 158 Å². The van der Waals surface area contributed by atoms with Gasteiger partial charge < -0.3 is 14.5 Å². The highest BCUT2D eigenvalue weighted by Gasteiger charge is 2.22. The molecule has 0 saturated carbocycles. The van der Waals surface area contributed by atoms with Crippen molar-refractivity contribution in [3.8, 4) is 5.75 Å². The number of nitrogens with zero attached hydrogens (tertiary/aromatic N) is 2. The minimum atomic E-state index is -0.146. The second kappa shape index (κ2) is 8.23. The van der Waals surface area contributed by atoms with E-state index in [4.69, 9.17) is 16.3 Å². The molecule has 0 atom stereocenters. The minimum absolute atomic E-state index is 0.0711. The number of halogens is 1. The van der Waals surface area contributed by atoms with Crippen LogP contribution in [0.2, 0.25) is 5.02 Å². The Morgan fingerprint density at radius 2 is 2.04 bits per heavy atom. The number of benzene rings is 2. The van der Waals surface area contributed by atoms with E-state index >= 15 is 0 Å². The van der Waals surface area contributed by atoms with Gasteiger partial charge in [-0.3, -0.25) is 9.59 Å². The first-order valence-corrected chi connectivity index (χ1v) is 8.93. The van der Waals surface area contributed by atoms with E-state index < -0.39 is 0 Å². The fraction of sp³-hybridized carbons (Fsp3) is 0.300. The van der Waals surface area contributed by atoms with Gasteiger partial charge in [0.15, 0.2) is 6.61 Å². The molecule has 0 N–H and O–H groups in total. The average Bonchev–Trinajstić information content (AvgIpc) is 3.08. The average molecular weight is 373 g/mol. The third-order valence-corrected chi connectivity index (χ3v) is 4.72. The molecule has 1 aliphatic heterocycles. The summed E-state index contributed by atoms with van der Waals surface area (Å²) in [5.41, 5.74) is 1.70. The molecular formula is C20H21ClN2O3. The normalized spacial score (nSPS) is 13.8. The minimum Gasteiger partial charge on any atom is -0.484 e. The lowest BCUT2D eigenvalue weighted by Crippen LogP contribution is -2.31. The van der Waals surface area contributed by atoms with Gasteiger partial charge in [-0.1, -0.05) is 35.9 Å². The Kier molecular flexibility index (Phi) is 5.78. The van der Waals surface area contributed by atoms with Crippen LogP contribution < -0.4 is 9.64 Å². The molecule has 3 rings (SSSR count). The zero-order chi connectivity index (χ0) is 18.5. The summed E-state index contributed by atoms with van der Waals surface area (Å²) in [7, 11) is 1.72. The first-order chi connectivity index (χ1) is 12.5. The van der Waals surface area contributed by atoms with Crippen molar-refractivity contribution in [1.29, 1.82) is 0 Å². The molecule has 26 heavy (non-hydrogen) atoms. The van der Waals surface area contributed by atoms with Gasteiger partial charge in [0.2, 0.25) is 5.91 Å². The molecule has 5 nitrogen and oxygen atoms in total. The van der Waals surface area contributed by atoms with Crippen molar-refractivity contribution in [1.82, 2.24) is 4.90 Å². The van der Waals surface area contributed by atoms with Crippen LogP contribution in [0, 0.1) is 0 Å². The van der Waals surface area contributed by atoms with E-state index in [0.29, 0.717) is 23.7 Å². The summed E-state index contributed by atoms with van der Waals surface area (Å²) in [6.45, 7) is 1.07. The molecule has 0 unspecified atom stereocenters. The van der Waals surface area contributed by atoms with E-state index in [0.717, 1.165) is 24.2 Å². The van der Waals surface area contributed by atoms with Gasteiger partial charge in [-0.2, -0.15) is 0 Å². The fourth-order valence-electron chi connectivity index (χ4n) is 2.89. The first kappa shape index (κ1) is 18.3. The van der Waals surface area contributed by atoms with E-state index in [1.807, 2.05) is 30.3 Å². The molecule has 0 aromatic heterocycles. The lowest BCUT2D eigenvalue weighted by atomic mass is 10.2. The van der Waals surface area contributed by atoms with Crippen LogP contribution in [-0.4, -0.2) is 36.9 Å². The van der Waals surface area contributed by atoms with Crippen molar-refractivity contribution in [2.24, 2.45) is 0 Å². The topological polar surface area (TPSA) is 49.9 Å². The molecule has 0 radical (unpaired) electrons. The largest absolute Gasteiger partial charge is 0.484 e. The smallest absolute Gasteiger partial charge is 0.260 e. The monoisotopic (exact) mass is 372 g/mol. The Bertz CT molecular complexity index is 809. The van der Waals surface area contributed by atoms with Gasteiger partial charge in [0.1, 0.15) is 5.75 Å². The number of likely N-dealkylation sites (N-methyl/N-ethyl adjacent to an activating group) is 1. The van der Waals surface area contributed by atoms with Crippen LogP contribution >= 0.6 is 11.6 Å². The molecule has 0 spiro atoms. The second-order valence-corrected chi connectivity index (χ2v) is 6.68. The summed E-state index contributed by atoms with van der Waals surface area (Å²) in [5.74, 6) is 0.548. The number of anilines is 1. The highest BCUT2D eigenvalue weighted by molar-refractivity contribution is 6.31. The van der Waals surface area contributed by atoms with E-state index in [-0.39, 0.29) is 18.4 Å². The summed E-state index contributed by atoms with van der Waals surface area (Å²) in [6.07, 6.45) is 1.45. The standard InChI is InChI=1S/C20H21ClN2O3/c1-22(13-15-6-2-3-9-18(15)21)20(25)14-26-17-8-4-7-16(12-17)23-11-5-10-19(23)24/h2-4,6-9,12H,5,10-11,13-14H2,1H3. The SMILES string of the molecule is CN(Cc1ccccc1Cl)C(=O)COc1cccc(N2CCCC2=O)c1. The molecule has 1 saturated heterocycles. The highest BCUT2D eigenvalue weighted by atomic mass is 35.5. The van der Waals surface area contributed by atoms with E-state index in [1.54, 1.807) is 35.0 Å². The van der Waals surface area contributed by atoms with Gasteiger partial charge in [0, 0.05) is 43.3 Å². The number of carbonyl (C=O) groups is 2. The molecule has 136 valence electrons. The molecule has 2 amide bonds. The Hall–Kier alpha value is -2.53. The fourth-order valence-corrected chi connectivity index (χ4v) is 3.08. The van der Waals surface area contributed by atoms with Crippen molar-refractivity contribution in [2.75, 3.05) is 25.1 Å². The third-order valence-electron chi connectivity index (χ3n) is 4.36. The molecule has 6 heteroatoms. The van der Waals surface area contributed by atoms with Gasteiger partial charge in [0.05, 0.1) is 0 Å². The number of ether oxygens (including phenoxy) is 1. The molecule has 1 heterocycles. The van der Waals surface area contributed by atoms with E-state index in [9.17, 15) is 9.59 Å². The summed E-state index contributed by atoms with van der Waals surface area (Å²) < 4.78 is 5.63. The van der Waals surface area contributed by atoms with Crippen molar-refractivity contribution in [3.05, 3.63) is 59.1 Å². The quantitative estimate of drug-likeness (QED) is 0.779. The van der Waals surface area contributed by atoms with Crippen LogP contribution in [0.4, 0.5) is 5.69 Å². The molecule has 0 bridgehead atoms. The van der Waals surface area contributed by atoms with Crippen LogP contribution in [0.1, 0.15) is 18.4 Å². The molecule has 2 aromatic rings. The van der Waals surface area contributed by atoms with Crippen molar-refractivity contribution < 1.29 is 14.3 Å². The summed E-state index contributed by atoms with van der Waals surface area (Å²) in [5, 5.41) is 0.635. The van der Waals surface area contributed by atoms with E-state index in [2.05, 4.69) is 0 Å². The van der Waals surface area contributed by atoms with Gasteiger partial charge in [0.25, 0.3) is 5.91 Å². The maximum Gasteiger partial charge on any atom is 0.260 e. The van der Waals surface area contributed by atoms with Gasteiger partial charge in [-0.05, 0) is 30.2 Å². The van der Waals surface area contributed by atoms with Crippen molar-refractivity contribution in [2.45, 2.75) is 19.4 Å². The first-order valence-electron chi connectivity index (χ1n) is 8.55. The van der Waals surface area contributed by atoms with Crippen LogP contribution in [0.3, 0.4) is 0 Å². The van der Waals surface area contributed by atoms with Gasteiger partial charge >= 0.3 is 0 Å². The molecule has 2 aromatic carbocycles. The van der Waals surface area contributed by atoms with Crippen LogP contribution in [0.25, 0.3) is 0 Å². The van der Waals surface area contributed by atoms with Crippen LogP contribution in [-0.2, 0) is 16.1 Å². The molecular weight excluding hydrogens is 352 g/mol. The lowest BCUT2D eigenvalue weighted by molar-refractivity contribution is -0.132. The Morgan fingerprint density at radius 1 is 1.23 bits per heavy atom. The van der Waals surface area contributed by atoms with E-state index in [1.165, 1.54) is 0 Å². The Balaban J connectivity index is 1.57.